The number of hydrogen-bond donors (Lipinski definition) is 2. The Balaban J connectivity index is 1.39. The molecule has 166 valence electrons. The predicted octanol–water partition coefficient (Wildman–Crippen LogP) is 2.79. The molecule has 0 radical (unpaired) electrons. The minimum Gasteiger partial charge on any atom is -0.379 e. The smallest absolute Gasteiger partial charge is 0.288 e. The number of fused-ring (bicyclic) bond motifs is 2. The van der Waals surface area contributed by atoms with Crippen molar-refractivity contribution >= 4 is 23.2 Å². The first-order chi connectivity index (χ1) is 14.7. The van der Waals surface area contributed by atoms with Crippen LogP contribution in [0.2, 0.25) is 5.02 Å². The van der Waals surface area contributed by atoms with Crippen LogP contribution in [0, 0.1) is 30.1 Å². The highest BCUT2D eigenvalue weighted by Crippen LogP contribution is 2.61. The second-order valence-corrected chi connectivity index (χ2v) is 9.85. The summed E-state index contributed by atoms with van der Waals surface area (Å²) < 4.78 is 1.08. The molecular weight excluding hydrogens is 416 g/mol. The Kier molecular flexibility index (Phi) is 5.77. The molecule has 3 aliphatic rings. The van der Waals surface area contributed by atoms with Gasteiger partial charge < -0.3 is 10.6 Å². The van der Waals surface area contributed by atoms with E-state index < -0.39 is 5.56 Å². The van der Waals surface area contributed by atoms with Crippen LogP contribution >= 0.6 is 11.6 Å². The van der Waals surface area contributed by atoms with Gasteiger partial charge in [0.1, 0.15) is 17.9 Å². The third-order valence-electron chi connectivity index (χ3n) is 7.43. The molecule has 8 nitrogen and oxygen atoms in total. The van der Waals surface area contributed by atoms with E-state index in [2.05, 4.69) is 46.5 Å². The summed E-state index contributed by atoms with van der Waals surface area (Å²) in [6, 6.07) is 0.269. The molecule has 0 aromatic carbocycles. The van der Waals surface area contributed by atoms with E-state index in [9.17, 15) is 9.59 Å². The number of carbonyl (C=O) groups is 1. The second kappa shape index (κ2) is 8.22. The summed E-state index contributed by atoms with van der Waals surface area (Å²) in [5.74, 6) is 1.53. The molecule has 2 aromatic heterocycles. The monoisotopic (exact) mass is 444 g/mol. The Labute approximate surface area is 186 Å². The number of nitrogens with one attached hydrogen (secondary N) is 2. The van der Waals surface area contributed by atoms with E-state index in [4.69, 9.17) is 11.6 Å². The molecular formula is C22H29ClN6O2. The summed E-state index contributed by atoms with van der Waals surface area (Å²) in [6.45, 7) is 8.90. The van der Waals surface area contributed by atoms with Gasteiger partial charge in [-0.2, -0.15) is 5.10 Å². The zero-order valence-corrected chi connectivity index (χ0v) is 19.1. The van der Waals surface area contributed by atoms with E-state index in [1.54, 1.807) is 12.4 Å². The van der Waals surface area contributed by atoms with Crippen molar-refractivity contribution in [2.24, 2.45) is 23.2 Å². The number of carbonyl (C=O) groups excluding carboxylic acids is 1. The first kappa shape index (κ1) is 21.7. The van der Waals surface area contributed by atoms with Crippen molar-refractivity contribution in [3.05, 3.63) is 45.4 Å². The van der Waals surface area contributed by atoms with Crippen molar-refractivity contribution in [3.63, 3.8) is 0 Å². The van der Waals surface area contributed by atoms with Gasteiger partial charge in [0, 0.05) is 12.2 Å². The van der Waals surface area contributed by atoms with Crippen LogP contribution < -0.4 is 16.2 Å². The van der Waals surface area contributed by atoms with Gasteiger partial charge in [-0.05, 0) is 48.5 Å². The van der Waals surface area contributed by atoms with E-state index >= 15 is 0 Å². The average molecular weight is 445 g/mol. The van der Waals surface area contributed by atoms with Crippen molar-refractivity contribution in [2.45, 2.75) is 59.7 Å². The van der Waals surface area contributed by atoms with Crippen molar-refractivity contribution < 1.29 is 4.79 Å². The highest BCUT2D eigenvalue weighted by molar-refractivity contribution is 6.32. The molecule has 0 unspecified atom stereocenters. The molecule has 0 saturated heterocycles. The maximum Gasteiger partial charge on any atom is 0.288 e. The Morgan fingerprint density at radius 1 is 1.32 bits per heavy atom. The maximum atomic E-state index is 12.7. The molecule has 31 heavy (non-hydrogen) atoms. The van der Waals surface area contributed by atoms with E-state index in [0.717, 1.165) is 22.4 Å². The number of hydrogen-bond acceptors (Lipinski definition) is 6. The van der Waals surface area contributed by atoms with Crippen LogP contribution in [0.4, 0.5) is 5.69 Å². The van der Waals surface area contributed by atoms with Gasteiger partial charge in [0.15, 0.2) is 0 Å². The molecule has 3 saturated carbocycles. The molecule has 4 atom stereocenters. The molecule has 5 rings (SSSR count). The lowest BCUT2D eigenvalue weighted by molar-refractivity contribution is -0.122. The molecule has 2 aromatic rings. The highest BCUT2D eigenvalue weighted by atomic mass is 35.5. The number of nitrogens with zero attached hydrogens (tertiary/aromatic N) is 4. The van der Waals surface area contributed by atoms with Gasteiger partial charge in [-0.25, -0.2) is 14.6 Å². The van der Waals surface area contributed by atoms with Gasteiger partial charge in [0.2, 0.25) is 5.91 Å². The van der Waals surface area contributed by atoms with E-state index in [1.165, 1.54) is 12.7 Å². The van der Waals surface area contributed by atoms with Crippen LogP contribution in [0.15, 0.2) is 23.5 Å². The predicted molar refractivity (Wildman–Crippen MR) is 119 cm³/mol. The van der Waals surface area contributed by atoms with Crippen LogP contribution in [0.5, 0.6) is 0 Å². The normalized spacial score (nSPS) is 26.1. The molecule has 2 N–H and O–H groups in total. The van der Waals surface area contributed by atoms with Crippen LogP contribution in [0.1, 0.15) is 44.9 Å². The number of aryl methyl sites for hydroxylation is 1. The van der Waals surface area contributed by atoms with Gasteiger partial charge in [-0.15, -0.1) is 0 Å². The molecule has 0 aliphatic heterocycles. The highest BCUT2D eigenvalue weighted by Gasteiger charge is 2.56. The SMILES string of the molecule is Cc1cncnc1CNC(=O)Cn1ncc(N[C@@H]2C[C@@H]3C[C@H]([C@H]2C)C3(C)C)c(Cl)c1=O. The topological polar surface area (TPSA) is 102 Å². The summed E-state index contributed by atoms with van der Waals surface area (Å²) in [4.78, 5) is 33.0. The summed E-state index contributed by atoms with van der Waals surface area (Å²) in [5.41, 5.74) is 2.06. The lowest BCUT2D eigenvalue weighted by atomic mass is 9.45. The van der Waals surface area contributed by atoms with Crippen LogP contribution in [0.25, 0.3) is 0 Å². The van der Waals surface area contributed by atoms with Crippen molar-refractivity contribution in [3.8, 4) is 0 Å². The van der Waals surface area contributed by atoms with Crippen LogP contribution in [-0.4, -0.2) is 31.7 Å². The fraction of sp³-hybridized carbons (Fsp3) is 0.591. The standard InChI is InChI=1S/C22H29ClN6O2/c1-12-7-24-11-26-17(12)8-25-19(30)10-29-21(31)20(23)18(9-27-29)28-16-6-14-5-15(13(16)2)22(14,3)4/h7,9,11,13-16,28H,5-6,8,10H2,1-4H3,(H,25,30)/t13-,14+,15-,16-/m1/s1. The minimum atomic E-state index is -0.478. The number of halogens is 1. The largest absolute Gasteiger partial charge is 0.379 e. The van der Waals surface area contributed by atoms with Crippen molar-refractivity contribution in [1.82, 2.24) is 25.1 Å². The Bertz CT molecular complexity index is 1050. The molecule has 9 heteroatoms. The first-order valence-electron chi connectivity index (χ1n) is 10.7. The lowest BCUT2D eigenvalue weighted by Gasteiger charge is -2.62. The van der Waals surface area contributed by atoms with Crippen molar-refractivity contribution in [2.75, 3.05) is 5.32 Å². The molecule has 0 spiro atoms. The number of aromatic nitrogens is 4. The molecule has 3 aliphatic carbocycles. The van der Waals surface area contributed by atoms with Gasteiger partial charge in [0.05, 0.1) is 24.1 Å². The van der Waals surface area contributed by atoms with E-state index in [0.29, 0.717) is 28.9 Å². The van der Waals surface area contributed by atoms with E-state index in [1.807, 2.05) is 6.92 Å². The van der Waals surface area contributed by atoms with Crippen LogP contribution in [-0.2, 0) is 17.9 Å². The van der Waals surface area contributed by atoms with Gasteiger partial charge >= 0.3 is 0 Å². The minimum absolute atomic E-state index is 0.0696. The fourth-order valence-electron chi connectivity index (χ4n) is 5.20. The summed E-state index contributed by atoms with van der Waals surface area (Å²) in [6.07, 6.45) is 7.01. The molecule has 1 amide bonds. The van der Waals surface area contributed by atoms with Crippen molar-refractivity contribution in [1.29, 1.82) is 0 Å². The first-order valence-corrected chi connectivity index (χ1v) is 11.1. The number of anilines is 1. The summed E-state index contributed by atoms with van der Waals surface area (Å²) in [5, 5.41) is 10.4. The average Bonchev–Trinajstić information content (AvgIpc) is 2.73. The summed E-state index contributed by atoms with van der Waals surface area (Å²) in [7, 11) is 0. The Morgan fingerprint density at radius 3 is 2.77 bits per heavy atom. The fourth-order valence-corrected chi connectivity index (χ4v) is 5.40. The number of amides is 1. The molecule has 2 bridgehead atoms. The van der Waals surface area contributed by atoms with Crippen LogP contribution in [0.3, 0.4) is 0 Å². The Morgan fingerprint density at radius 2 is 2.10 bits per heavy atom. The zero-order valence-electron chi connectivity index (χ0n) is 18.4. The van der Waals surface area contributed by atoms with Gasteiger partial charge in [-0.1, -0.05) is 32.4 Å². The Hall–Kier alpha value is -2.48. The molecule has 3 fully saturated rings. The quantitative estimate of drug-likeness (QED) is 0.710. The van der Waals surface area contributed by atoms with E-state index in [-0.39, 0.29) is 30.1 Å². The second-order valence-electron chi connectivity index (χ2n) is 9.47. The lowest BCUT2D eigenvalue weighted by Crippen LogP contribution is -2.58. The zero-order chi connectivity index (χ0) is 22.3. The number of rotatable bonds is 6. The third kappa shape index (κ3) is 4.05. The molecule has 2 heterocycles. The third-order valence-corrected chi connectivity index (χ3v) is 7.80. The summed E-state index contributed by atoms with van der Waals surface area (Å²) >= 11 is 6.36. The van der Waals surface area contributed by atoms with Gasteiger partial charge in [0.25, 0.3) is 5.56 Å². The van der Waals surface area contributed by atoms with Gasteiger partial charge in [-0.3, -0.25) is 9.59 Å². The maximum absolute atomic E-state index is 12.7.